The van der Waals surface area contributed by atoms with Crippen LogP contribution < -0.4 is 5.73 Å². The zero-order valence-electron chi connectivity index (χ0n) is 10.1. The van der Waals surface area contributed by atoms with Gasteiger partial charge in [0.2, 0.25) is 5.88 Å². The molecule has 1 heterocycles. The van der Waals surface area contributed by atoms with Gasteiger partial charge >= 0.3 is 0 Å². The van der Waals surface area contributed by atoms with Gasteiger partial charge in [0.05, 0.1) is 11.3 Å². The van der Waals surface area contributed by atoms with Gasteiger partial charge in [-0.1, -0.05) is 54.0 Å². The molecule has 0 aliphatic carbocycles. The van der Waals surface area contributed by atoms with Crippen molar-refractivity contribution in [2.75, 3.05) is 5.73 Å². The van der Waals surface area contributed by atoms with Crippen LogP contribution in [-0.4, -0.2) is 5.16 Å². The van der Waals surface area contributed by atoms with E-state index in [4.69, 9.17) is 10.3 Å². The maximum absolute atomic E-state index is 5.88. The normalized spacial score (nSPS) is 11.8. The Morgan fingerprint density at radius 1 is 1.29 bits per heavy atom. The smallest absolute Gasteiger partial charge is 0.230 e. The number of benzene rings is 1. The number of hydrogen-bond acceptors (Lipinski definition) is 3. The van der Waals surface area contributed by atoms with Crippen molar-refractivity contribution in [2.45, 2.75) is 26.2 Å². The minimum Gasteiger partial charge on any atom is -0.367 e. The molecule has 0 amide bonds. The molecule has 2 N–H and O–H groups in total. The summed E-state index contributed by atoms with van der Waals surface area (Å²) in [6.45, 7) is 6.27. The van der Waals surface area contributed by atoms with Crippen LogP contribution in [0.25, 0.3) is 11.1 Å². The van der Waals surface area contributed by atoms with Gasteiger partial charge in [0.15, 0.2) is 0 Å². The molecule has 1 aromatic heterocycles. The first kappa shape index (κ1) is 12.2. The average molecular weight is 295 g/mol. The van der Waals surface area contributed by atoms with Crippen LogP contribution in [0, 0.1) is 0 Å². The number of nitrogens with zero attached hydrogens (tertiary/aromatic N) is 1. The van der Waals surface area contributed by atoms with Gasteiger partial charge in [-0.2, -0.15) is 0 Å². The first-order valence-corrected chi connectivity index (χ1v) is 6.20. The van der Waals surface area contributed by atoms with E-state index in [9.17, 15) is 0 Å². The summed E-state index contributed by atoms with van der Waals surface area (Å²) in [6.07, 6.45) is 0. The summed E-state index contributed by atoms with van der Waals surface area (Å²) in [6, 6.07) is 7.96. The number of rotatable bonds is 1. The molecule has 0 saturated heterocycles. The second kappa shape index (κ2) is 4.18. The van der Waals surface area contributed by atoms with E-state index in [0.29, 0.717) is 5.88 Å². The highest BCUT2D eigenvalue weighted by atomic mass is 79.9. The fourth-order valence-electron chi connectivity index (χ4n) is 1.74. The van der Waals surface area contributed by atoms with E-state index >= 15 is 0 Å². The summed E-state index contributed by atoms with van der Waals surface area (Å²) in [4.78, 5) is 0. The number of hydrogen-bond donors (Lipinski definition) is 1. The fraction of sp³-hybridized carbons (Fsp3) is 0.308. The number of aromatic nitrogens is 1. The standard InChI is InChI=1S/C13H15BrN2O/c1-13(2,3)11-10(12(15)17-16-11)8-5-4-6-9(14)7-8/h4-7H,15H2,1-3H3. The van der Waals surface area contributed by atoms with Gasteiger partial charge < -0.3 is 10.3 Å². The number of halogens is 1. The van der Waals surface area contributed by atoms with Crippen LogP contribution in [0.1, 0.15) is 26.5 Å². The van der Waals surface area contributed by atoms with E-state index in [2.05, 4.69) is 41.9 Å². The molecule has 0 fully saturated rings. The Kier molecular flexibility index (Phi) is 3.00. The van der Waals surface area contributed by atoms with E-state index in [-0.39, 0.29) is 5.41 Å². The Hall–Kier alpha value is -1.29. The zero-order valence-corrected chi connectivity index (χ0v) is 11.7. The number of anilines is 1. The second-order valence-corrected chi connectivity index (χ2v) is 5.95. The molecule has 0 atom stereocenters. The van der Waals surface area contributed by atoms with Gasteiger partial charge in [-0.3, -0.25) is 0 Å². The molecule has 0 aliphatic rings. The van der Waals surface area contributed by atoms with E-state index in [1.54, 1.807) is 0 Å². The van der Waals surface area contributed by atoms with E-state index < -0.39 is 0 Å². The zero-order chi connectivity index (χ0) is 12.6. The Labute approximate surface area is 109 Å². The van der Waals surface area contributed by atoms with Crippen LogP contribution in [0.15, 0.2) is 33.3 Å². The third kappa shape index (κ3) is 2.36. The Balaban J connectivity index is 2.63. The highest BCUT2D eigenvalue weighted by Gasteiger charge is 2.26. The van der Waals surface area contributed by atoms with Crippen LogP contribution >= 0.6 is 15.9 Å². The number of nitrogen functional groups attached to an aromatic ring is 1. The van der Waals surface area contributed by atoms with E-state index in [1.807, 2.05) is 24.3 Å². The van der Waals surface area contributed by atoms with Gasteiger partial charge in [-0.25, -0.2) is 0 Å². The van der Waals surface area contributed by atoms with Crippen molar-refractivity contribution in [1.29, 1.82) is 0 Å². The molecule has 0 unspecified atom stereocenters. The molecule has 0 bridgehead atoms. The molecule has 90 valence electrons. The van der Waals surface area contributed by atoms with Crippen molar-refractivity contribution in [3.05, 3.63) is 34.4 Å². The Morgan fingerprint density at radius 3 is 2.59 bits per heavy atom. The molecule has 0 radical (unpaired) electrons. The van der Waals surface area contributed by atoms with Crippen molar-refractivity contribution in [3.63, 3.8) is 0 Å². The predicted octanol–water partition coefficient (Wildman–Crippen LogP) is 3.98. The monoisotopic (exact) mass is 294 g/mol. The Bertz CT molecular complexity index is 541. The van der Waals surface area contributed by atoms with E-state index in [0.717, 1.165) is 21.3 Å². The molecule has 0 spiro atoms. The maximum Gasteiger partial charge on any atom is 0.230 e. The van der Waals surface area contributed by atoms with Crippen LogP contribution in [0.3, 0.4) is 0 Å². The van der Waals surface area contributed by atoms with Gasteiger partial charge in [-0.15, -0.1) is 0 Å². The molecular formula is C13H15BrN2O. The van der Waals surface area contributed by atoms with Crippen molar-refractivity contribution < 1.29 is 4.52 Å². The Morgan fingerprint density at radius 2 is 2.00 bits per heavy atom. The summed E-state index contributed by atoms with van der Waals surface area (Å²) in [7, 11) is 0. The fourth-order valence-corrected chi connectivity index (χ4v) is 2.14. The topological polar surface area (TPSA) is 52.0 Å². The minimum atomic E-state index is -0.0984. The molecule has 0 saturated carbocycles. The van der Waals surface area contributed by atoms with Crippen molar-refractivity contribution in [2.24, 2.45) is 0 Å². The number of nitrogens with two attached hydrogens (primary N) is 1. The summed E-state index contributed by atoms with van der Waals surface area (Å²) < 4.78 is 6.14. The third-order valence-electron chi connectivity index (χ3n) is 2.54. The van der Waals surface area contributed by atoms with Crippen molar-refractivity contribution >= 4 is 21.8 Å². The minimum absolute atomic E-state index is 0.0984. The molecule has 2 aromatic rings. The SMILES string of the molecule is CC(C)(C)c1noc(N)c1-c1cccc(Br)c1. The summed E-state index contributed by atoms with van der Waals surface area (Å²) >= 11 is 3.46. The molecule has 1 aromatic carbocycles. The third-order valence-corrected chi connectivity index (χ3v) is 3.04. The van der Waals surface area contributed by atoms with E-state index in [1.165, 1.54) is 0 Å². The van der Waals surface area contributed by atoms with Gasteiger partial charge in [0.1, 0.15) is 0 Å². The quantitative estimate of drug-likeness (QED) is 0.865. The summed E-state index contributed by atoms with van der Waals surface area (Å²) in [5, 5.41) is 4.08. The van der Waals surface area contributed by atoms with Crippen molar-refractivity contribution in [3.8, 4) is 11.1 Å². The first-order valence-electron chi connectivity index (χ1n) is 5.41. The molecule has 0 aliphatic heterocycles. The molecule has 3 nitrogen and oxygen atoms in total. The lowest BCUT2D eigenvalue weighted by atomic mass is 9.87. The molecular weight excluding hydrogens is 280 g/mol. The maximum atomic E-state index is 5.88. The van der Waals surface area contributed by atoms with Crippen LogP contribution in [-0.2, 0) is 5.41 Å². The van der Waals surface area contributed by atoms with Crippen LogP contribution in [0.5, 0.6) is 0 Å². The predicted molar refractivity (Wildman–Crippen MR) is 72.8 cm³/mol. The lowest BCUT2D eigenvalue weighted by Gasteiger charge is -2.16. The van der Waals surface area contributed by atoms with Gasteiger partial charge in [-0.05, 0) is 17.7 Å². The molecule has 17 heavy (non-hydrogen) atoms. The van der Waals surface area contributed by atoms with Crippen LogP contribution in [0.2, 0.25) is 0 Å². The molecule has 2 rings (SSSR count). The lowest BCUT2D eigenvalue weighted by molar-refractivity contribution is 0.405. The van der Waals surface area contributed by atoms with Crippen LogP contribution in [0.4, 0.5) is 5.88 Å². The highest BCUT2D eigenvalue weighted by Crippen LogP contribution is 2.37. The lowest BCUT2D eigenvalue weighted by Crippen LogP contribution is -2.13. The first-order chi connectivity index (χ1) is 7.89. The second-order valence-electron chi connectivity index (χ2n) is 5.03. The van der Waals surface area contributed by atoms with Crippen molar-refractivity contribution in [1.82, 2.24) is 5.16 Å². The van der Waals surface area contributed by atoms with Gasteiger partial charge in [0, 0.05) is 9.89 Å². The highest BCUT2D eigenvalue weighted by molar-refractivity contribution is 9.10. The van der Waals surface area contributed by atoms with Gasteiger partial charge in [0.25, 0.3) is 0 Å². The summed E-state index contributed by atoms with van der Waals surface area (Å²) in [5.74, 6) is 0.369. The molecule has 4 heteroatoms. The average Bonchev–Trinajstić information content (AvgIpc) is 2.59. The summed E-state index contributed by atoms with van der Waals surface area (Å²) in [5.41, 5.74) is 8.56. The largest absolute Gasteiger partial charge is 0.367 e.